The van der Waals surface area contributed by atoms with E-state index in [2.05, 4.69) is 10.3 Å². The molecule has 1 aliphatic heterocycles. The second kappa shape index (κ2) is 9.73. The number of halogens is 4. The number of Topliss-reactive ketones (excluding diaryl/α,β-unsaturated/α-hetero) is 1. The summed E-state index contributed by atoms with van der Waals surface area (Å²) < 4.78 is 59.2. The van der Waals surface area contributed by atoms with Crippen LogP contribution in [-0.2, 0) is 30.4 Å². The van der Waals surface area contributed by atoms with Gasteiger partial charge in [-0.15, -0.1) is 0 Å². The lowest BCUT2D eigenvalue weighted by molar-refractivity contribution is -0.137. The topological polar surface area (TPSA) is 71.5 Å². The van der Waals surface area contributed by atoms with Crippen LogP contribution in [0.2, 0.25) is 0 Å². The minimum atomic E-state index is -4.49. The molecule has 0 saturated heterocycles. The second-order valence-corrected chi connectivity index (χ2v) is 8.04. The number of benzene rings is 2. The largest absolute Gasteiger partial charge is 0.454 e. The minimum Gasteiger partial charge on any atom is -0.454 e. The average molecular weight is 487 g/mol. The third-order valence-electron chi connectivity index (χ3n) is 5.53. The lowest BCUT2D eigenvalue weighted by Gasteiger charge is -2.28. The van der Waals surface area contributed by atoms with E-state index in [9.17, 15) is 27.2 Å². The van der Waals surface area contributed by atoms with Crippen LogP contribution in [0.1, 0.15) is 29.2 Å². The number of hydrogen-bond donors (Lipinski definition) is 1. The highest BCUT2D eigenvalue weighted by Gasteiger charge is 2.30. The van der Waals surface area contributed by atoms with Gasteiger partial charge in [-0.1, -0.05) is 24.3 Å². The number of anilines is 1. The fraction of sp³-hybridized carbons (Fsp3) is 0.240. The molecule has 1 aromatic heterocycles. The molecule has 0 spiro atoms. The Morgan fingerprint density at radius 1 is 1.09 bits per heavy atom. The molecule has 0 unspecified atom stereocenters. The summed E-state index contributed by atoms with van der Waals surface area (Å²) in [5, 5.41) is 2.67. The number of aromatic nitrogens is 1. The number of nitrogens with one attached hydrogen (secondary N) is 1. The molecule has 1 N–H and O–H groups in total. The van der Waals surface area contributed by atoms with Gasteiger partial charge in [0.15, 0.2) is 11.6 Å². The van der Waals surface area contributed by atoms with E-state index in [1.165, 1.54) is 30.5 Å². The lowest BCUT2D eigenvalue weighted by atomic mass is 10.0. The lowest BCUT2D eigenvalue weighted by Crippen LogP contribution is -2.38. The molecular weight excluding hydrogens is 466 g/mol. The molecule has 10 heteroatoms. The molecule has 0 bridgehead atoms. The number of ketones is 1. The molecule has 0 saturated carbocycles. The molecule has 0 aliphatic carbocycles. The molecule has 35 heavy (non-hydrogen) atoms. The SMILES string of the molecule is CCN1Cc2c(Oc3ccc(CC(=O)Cc4cccc(C(F)(F)F)c4)cc3F)ccnc2NC1=O. The van der Waals surface area contributed by atoms with Crippen LogP contribution in [0.15, 0.2) is 54.7 Å². The molecule has 6 nitrogen and oxygen atoms in total. The van der Waals surface area contributed by atoms with E-state index in [1.807, 2.05) is 6.92 Å². The van der Waals surface area contributed by atoms with Crippen molar-refractivity contribution in [2.24, 2.45) is 0 Å². The summed E-state index contributed by atoms with van der Waals surface area (Å²) in [6.07, 6.45) is -3.40. The van der Waals surface area contributed by atoms with E-state index in [1.54, 1.807) is 11.0 Å². The Kier molecular flexibility index (Phi) is 6.72. The number of carbonyl (C=O) groups is 2. The highest BCUT2D eigenvalue weighted by atomic mass is 19.4. The van der Waals surface area contributed by atoms with Crippen LogP contribution in [0.5, 0.6) is 11.5 Å². The maximum Gasteiger partial charge on any atom is 0.416 e. The van der Waals surface area contributed by atoms with Crippen LogP contribution in [-0.4, -0.2) is 28.2 Å². The van der Waals surface area contributed by atoms with Gasteiger partial charge in [0.05, 0.1) is 17.7 Å². The van der Waals surface area contributed by atoms with Crippen molar-refractivity contribution < 1.29 is 31.9 Å². The van der Waals surface area contributed by atoms with Crippen LogP contribution >= 0.6 is 0 Å². The summed E-state index contributed by atoms with van der Waals surface area (Å²) in [7, 11) is 0. The first kappa shape index (κ1) is 24.2. The fourth-order valence-electron chi connectivity index (χ4n) is 3.76. The van der Waals surface area contributed by atoms with Crippen molar-refractivity contribution in [3.8, 4) is 11.5 Å². The van der Waals surface area contributed by atoms with Crippen LogP contribution in [0, 0.1) is 5.82 Å². The molecule has 0 fully saturated rings. The van der Waals surface area contributed by atoms with Gasteiger partial charge in [0.25, 0.3) is 0 Å². The smallest absolute Gasteiger partial charge is 0.416 e. The van der Waals surface area contributed by atoms with E-state index in [4.69, 9.17) is 4.74 Å². The number of pyridine rings is 1. The van der Waals surface area contributed by atoms with Crippen LogP contribution < -0.4 is 10.1 Å². The van der Waals surface area contributed by atoms with Crippen molar-refractivity contribution in [2.75, 3.05) is 11.9 Å². The first-order valence-corrected chi connectivity index (χ1v) is 10.8. The van der Waals surface area contributed by atoms with Gasteiger partial charge >= 0.3 is 12.2 Å². The van der Waals surface area contributed by atoms with Crippen molar-refractivity contribution in [3.05, 3.63) is 82.8 Å². The Morgan fingerprint density at radius 2 is 1.83 bits per heavy atom. The Hall–Kier alpha value is -3.95. The average Bonchev–Trinajstić information content (AvgIpc) is 2.80. The Labute approximate surface area is 198 Å². The maximum atomic E-state index is 14.8. The number of urea groups is 1. The molecule has 2 aromatic carbocycles. The quantitative estimate of drug-likeness (QED) is 0.431. The zero-order chi connectivity index (χ0) is 25.2. The van der Waals surface area contributed by atoms with Gasteiger partial charge in [-0.25, -0.2) is 14.2 Å². The van der Waals surface area contributed by atoms with Crippen molar-refractivity contribution in [1.82, 2.24) is 9.88 Å². The second-order valence-electron chi connectivity index (χ2n) is 8.04. The first-order valence-electron chi connectivity index (χ1n) is 10.8. The van der Waals surface area contributed by atoms with Gasteiger partial charge in [-0.05, 0) is 42.3 Å². The monoisotopic (exact) mass is 487 g/mol. The fourth-order valence-corrected chi connectivity index (χ4v) is 3.76. The number of rotatable bonds is 7. The number of hydrogen-bond acceptors (Lipinski definition) is 4. The van der Waals surface area contributed by atoms with Crippen molar-refractivity contribution in [1.29, 1.82) is 0 Å². The maximum absolute atomic E-state index is 14.8. The minimum absolute atomic E-state index is 0.0765. The third-order valence-corrected chi connectivity index (χ3v) is 5.53. The Bertz CT molecular complexity index is 1280. The molecule has 3 aromatic rings. The highest BCUT2D eigenvalue weighted by Crippen LogP contribution is 2.34. The van der Waals surface area contributed by atoms with Gasteiger partial charge < -0.3 is 9.64 Å². The zero-order valence-corrected chi connectivity index (χ0v) is 18.7. The molecule has 2 heterocycles. The standard InChI is InChI=1S/C25H21F4N3O3/c1-2-32-14-19-21(8-9-30-23(19)31-24(32)34)35-22-7-6-16(13-20(22)26)12-18(33)11-15-4-3-5-17(10-15)25(27,28)29/h3-10,13H,2,11-12,14H2,1H3,(H,30,31,34). The predicted octanol–water partition coefficient (Wildman–Crippen LogP) is 5.75. The third kappa shape index (κ3) is 5.59. The number of amides is 2. The number of ether oxygens (including phenoxy) is 1. The van der Waals surface area contributed by atoms with Crippen LogP contribution in [0.25, 0.3) is 0 Å². The molecule has 0 atom stereocenters. The number of alkyl halides is 3. The van der Waals surface area contributed by atoms with Gasteiger partial charge in [0, 0.05) is 25.6 Å². The number of nitrogens with zero attached hydrogens (tertiary/aromatic N) is 2. The Morgan fingerprint density at radius 3 is 2.51 bits per heavy atom. The van der Waals surface area contributed by atoms with Crippen LogP contribution in [0.4, 0.5) is 28.2 Å². The van der Waals surface area contributed by atoms with Gasteiger partial charge in [-0.2, -0.15) is 13.2 Å². The van der Waals surface area contributed by atoms with E-state index in [0.29, 0.717) is 29.2 Å². The zero-order valence-electron chi connectivity index (χ0n) is 18.7. The summed E-state index contributed by atoms with van der Waals surface area (Å²) in [5.74, 6) is -0.453. The van der Waals surface area contributed by atoms with E-state index in [-0.39, 0.29) is 42.5 Å². The summed E-state index contributed by atoms with van der Waals surface area (Å²) in [6.45, 7) is 2.55. The normalized spacial score (nSPS) is 13.3. The van der Waals surface area contributed by atoms with Gasteiger partial charge in [-0.3, -0.25) is 10.1 Å². The van der Waals surface area contributed by atoms with Crippen molar-refractivity contribution in [2.45, 2.75) is 32.5 Å². The molecule has 0 radical (unpaired) electrons. The molecule has 1 aliphatic rings. The first-order chi connectivity index (χ1) is 16.6. The summed E-state index contributed by atoms with van der Waals surface area (Å²) >= 11 is 0. The number of carbonyl (C=O) groups excluding carboxylic acids is 2. The predicted molar refractivity (Wildman–Crippen MR) is 120 cm³/mol. The number of fused-ring (bicyclic) bond motifs is 1. The molecule has 182 valence electrons. The summed E-state index contributed by atoms with van der Waals surface area (Å²) in [5.41, 5.74) is 0.387. The van der Waals surface area contributed by atoms with Crippen molar-refractivity contribution >= 4 is 17.6 Å². The van der Waals surface area contributed by atoms with Gasteiger partial charge in [0.1, 0.15) is 17.4 Å². The van der Waals surface area contributed by atoms with E-state index >= 15 is 0 Å². The van der Waals surface area contributed by atoms with E-state index in [0.717, 1.165) is 18.2 Å². The van der Waals surface area contributed by atoms with Crippen LogP contribution in [0.3, 0.4) is 0 Å². The summed E-state index contributed by atoms with van der Waals surface area (Å²) in [6, 6.07) is 9.92. The molecule has 2 amide bonds. The van der Waals surface area contributed by atoms with E-state index < -0.39 is 17.6 Å². The molecule has 4 rings (SSSR count). The van der Waals surface area contributed by atoms with Gasteiger partial charge in [0.2, 0.25) is 0 Å². The Balaban J connectivity index is 1.45. The van der Waals surface area contributed by atoms with Crippen molar-refractivity contribution in [3.63, 3.8) is 0 Å². The summed E-state index contributed by atoms with van der Waals surface area (Å²) in [4.78, 5) is 30.1. The molecular formula is C25H21F4N3O3. The highest BCUT2D eigenvalue weighted by molar-refractivity contribution is 5.91.